The Hall–Kier alpha value is -3.49. The number of benzene rings is 2. The molecule has 4 heterocycles. The van der Waals surface area contributed by atoms with Crippen LogP contribution in [0.3, 0.4) is 0 Å². The number of unbranched alkanes of at least 4 members (excludes halogenated alkanes) is 3. The van der Waals surface area contributed by atoms with Crippen molar-refractivity contribution in [2.24, 2.45) is 11.8 Å². The van der Waals surface area contributed by atoms with Gasteiger partial charge in [0.2, 0.25) is 5.91 Å². The van der Waals surface area contributed by atoms with Crippen LogP contribution in [0.2, 0.25) is 0 Å². The van der Waals surface area contributed by atoms with Crippen molar-refractivity contribution in [3.63, 3.8) is 0 Å². The third-order valence-electron chi connectivity index (χ3n) is 8.70. The maximum atomic E-state index is 14.5. The van der Waals surface area contributed by atoms with E-state index in [0.717, 1.165) is 35.7 Å². The van der Waals surface area contributed by atoms with Gasteiger partial charge in [-0.2, -0.15) is 0 Å². The van der Waals surface area contributed by atoms with Gasteiger partial charge in [-0.1, -0.05) is 67.5 Å². The van der Waals surface area contributed by atoms with Crippen LogP contribution in [0.25, 0.3) is 10.8 Å². The summed E-state index contributed by atoms with van der Waals surface area (Å²) >= 11 is 0. The van der Waals surface area contributed by atoms with E-state index in [1.807, 2.05) is 66.8 Å². The molecule has 210 valence electrons. The number of rotatable bonds is 7. The van der Waals surface area contributed by atoms with Crippen LogP contribution in [0.4, 0.5) is 5.69 Å². The molecule has 8 heteroatoms. The van der Waals surface area contributed by atoms with Crippen molar-refractivity contribution in [2.45, 2.75) is 56.3 Å². The Morgan fingerprint density at radius 3 is 2.62 bits per heavy atom. The first-order valence-electron chi connectivity index (χ1n) is 14.5. The molecule has 2 unspecified atom stereocenters. The fourth-order valence-electron chi connectivity index (χ4n) is 6.82. The van der Waals surface area contributed by atoms with E-state index in [4.69, 9.17) is 14.6 Å². The van der Waals surface area contributed by atoms with Gasteiger partial charge < -0.3 is 24.4 Å². The van der Waals surface area contributed by atoms with Gasteiger partial charge >= 0.3 is 5.97 Å². The number of hydrogen-bond donors (Lipinski definition) is 1. The van der Waals surface area contributed by atoms with E-state index >= 15 is 0 Å². The third-order valence-corrected chi connectivity index (χ3v) is 8.70. The number of aliphatic hydroxyl groups excluding tert-OH is 1. The number of hydrogen-bond acceptors (Lipinski definition) is 6. The Bertz CT molecular complexity index is 1350. The first-order valence-corrected chi connectivity index (χ1v) is 14.5. The lowest BCUT2D eigenvalue weighted by Crippen LogP contribution is -2.55. The molecule has 0 aliphatic carbocycles. The molecule has 2 fully saturated rings. The van der Waals surface area contributed by atoms with Crippen LogP contribution in [0.5, 0.6) is 0 Å². The molecule has 0 radical (unpaired) electrons. The van der Waals surface area contributed by atoms with Gasteiger partial charge in [-0.25, -0.2) is 0 Å². The third kappa shape index (κ3) is 4.53. The van der Waals surface area contributed by atoms with E-state index in [1.165, 1.54) is 0 Å². The molecule has 4 aliphatic rings. The topological polar surface area (TPSA) is 96.4 Å². The summed E-state index contributed by atoms with van der Waals surface area (Å²) in [5.41, 5.74) is -0.507. The van der Waals surface area contributed by atoms with Crippen LogP contribution in [-0.4, -0.2) is 71.8 Å². The van der Waals surface area contributed by atoms with Gasteiger partial charge in [0.05, 0.1) is 18.6 Å². The zero-order valence-corrected chi connectivity index (χ0v) is 22.6. The maximum absolute atomic E-state index is 14.5. The predicted octanol–water partition coefficient (Wildman–Crippen LogP) is 3.77. The summed E-state index contributed by atoms with van der Waals surface area (Å²) in [6.45, 7) is 1.14. The van der Waals surface area contributed by atoms with Crippen molar-refractivity contribution in [1.82, 2.24) is 4.90 Å². The Morgan fingerprint density at radius 1 is 0.950 bits per heavy atom. The Morgan fingerprint density at radius 2 is 1.77 bits per heavy atom. The second-order valence-electron chi connectivity index (χ2n) is 11.1. The number of ether oxygens (including phenoxy) is 2. The molecule has 0 bridgehead atoms. The number of nitrogens with zero attached hydrogens (tertiary/aromatic N) is 2. The smallest absolute Gasteiger partial charge is 0.312 e. The summed E-state index contributed by atoms with van der Waals surface area (Å²) < 4.78 is 12.3. The number of amides is 2. The van der Waals surface area contributed by atoms with Gasteiger partial charge in [-0.3, -0.25) is 14.4 Å². The summed E-state index contributed by atoms with van der Waals surface area (Å²) in [5, 5.41) is 11.3. The minimum Gasteiger partial charge on any atom is -0.465 e. The number of aliphatic hydroxyl groups is 1. The van der Waals surface area contributed by atoms with E-state index in [0.29, 0.717) is 39.0 Å². The lowest BCUT2D eigenvalue weighted by Gasteiger charge is -2.35. The van der Waals surface area contributed by atoms with Crippen LogP contribution in [-0.2, 0) is 23.9 Å². The molecule has 1 spiro atoms. The lowest BCUT2D eigenvalue weighted by atomic mass is 9.78. The van der Waals surface area contributed by atoms with Crippen LogP contribution in [0, 0.1) is 11.8 Å². The molecule has 2 aromatic rings. The predicted molar refractivity (Wildman–Crippen MR) is 150 cm³/mol. The van der Waals surface area contributed by atoms with Crippen molar-refractivity contribution < 1.29 is 29.0 Å². The van der Waals surface area contributed by atoms with Crippen molar-refractivity contribution in [2.75, 3.05) is 31.2 Å². The molecule has 2 amide bonds. The molecule has 2 aromatic carbocycles. The van der Waals surface area contributed by atoms with E-state index in [-0.39, 0.29) is 18.4 Å². The summed E-state index contributed by atoms with van der Waals surface area (Å²) in [6, 6.07) is 13.0. The largest absolute Gasteiger partial charge is 0.465 e. The van der Waals surface area contributed by atoms with Crippen LogP contribution < -0.4 is 4.90 Å². The zero-order valence-electron chi connectivity index (χ0n) is 22.6. The van der Waals surface area contributed by atoms with Gasteiger partial charge in [0.25, 0.3) is 5.91 Å². The first-order chi connectivity index (χ1) is 19.5. The Labute approximate surface area is 234 Å². The molecule has 4 aliphatic heterocycles. The average molecular weight is 545 g/mol. The first kappa shape index (κ1) is 26.7. The molecule has 6 rings (SSSR count). The van der Waals surface area contributed by atoms with E-state index in [1.54, 1.807) is 9.80 Å². The summed E-state index contributed by atoms with van der Waals surface area (Å²) in [6.07, 6.45) is 11.5. The van der Waals surface area contributed by atoms with E-state index in [9.17, 15) is 14.4 Å². The second kappa shape index (κ2) is 11.2. The summed E-state index contributed by atoms with van der Waals surface area (Å²) in [5.74, 6) is -2.54. The average Bonchev–Trinajstić information content (AvgIpc) is 3.37. The van der Waals surface area contributed by atoms with Crippen molar-refractivity contribution >= 4 is 34.2 Å². The highest BCUT2D eigenvalue weighted by Crippen LogP contribution is 2.53. The van der Waals surface area contributed by atoms with Gasteiger partial charge in [0.1, 0.15) is 17.6 Å². The molecule has 40 heavy (non-hydrogen) atoms. The van der Waals surface area contributed by atoms with Crippen LogP contribution in [0.15, 0.2) is 66.8 Å². The fourth-order valence-corrected chi connectivity index (χ4v) is 6.82. The normalized spacial score (nSPS) is 30.7. The van der Waals surface area contributed by atoms with E-state index in [2.05, 4.69) is 0 Å². The maximum Gasteiger partial charge on any atom is 0.312 e. The number of carbonyl (C=O) groups excluding carboxylic acids is 3. The van der Waals surface area contributed by atoms with E-state index < -0.39 is 35.6 Å². The highest BCUT2D eigenvalue weighted by molar-refractivity contribution is 6.06. The SMILES string of the molecule is O=C1OCCC/C=C\[C@H]2OC34C=CCN(c5ccc6ccccc6c5)C(=O)[C@H]3N(CCCCCCO)C(=O)[C@@H]4C12. The second-order valence-corrected chi connectivity index (χ2v) is 11.1. The van der Waals surface area contributed by atoms with Gasteiger partial charge in [-0.15, -0.1) is 0 Å². The number of fused-ring (bicyclic) bond motifs is 3. The molecular weight excluding hydrogens is 508 g/mol. The number of anilines is 1. The quantitative estimate of drug-likeness (QED) is 0.324. The number of allylic oxidation sites excluding steroid dienone is 1. The summed E-state index contributed by atoms with van der Waals surface area (Å²) in [4.78, 5) is 45.4. The minimum atomic E-state index is -1.26. The molecule has 2 saturated heterocycles. The Kier molecular flexibility index (Phi) is 7.47. The molecule has 0 saturated carbocycles. The molecule has 0 aromatic heterocycles. The highest BCUT2D eigenvalue weighted by Gasteiger charge is 2.71. The van der Waals surface area contributed by atoms with Crippen LogP contribution >= 0.6 is 0 Å². The molecule has 5 atom stereocenters. The van der Waals surface area contributed by atoms with Crippen molar-refractivity contribution in [1.29, 1.82) is 0 Å². The van der Waals surface area contributed by atoms with Gasteiger partial charge in [-0.05, 0) is 48.6 Å². The number of cyclic esters (lactones) is 1. The molecule has 1 N–H and O–H groups in total. The fraction of sp³-hybridized carbons (Fsp3) is 0.469. The monoisotopic (exact) mass is 544 g/mol. The minimum absolute atomic E-state index is 0.132. The number of carbonyl (C=O) groups is 3. The standard InChI is InChI=1S/C32H36N2O6/c35-19-8-2-1-7-17-34-28-30(37)33(24-15-14-22-11-5-6-12-23(22)21-24)18-10-16-32(28)27(29(34)36)26-25(40-32)13-4-3-9-20-39-31(26)38/h4-6,10-16,21,25-28,35H,1-3,7-9,17-20H2/b13-4-/t25-,26?,27+,28-,32?/m1/s1. The highest BCUT2D eigenvalue weighted by atomic mass is 16.6. The lowest BCUT2D eigenvalue weighted by molar-refractivity contribution is -0.154. The number of esters is 1. The molecule has 8 nitrogen and oxygen atoms in total. The molecular formula is C32H36N2O6. The van der Waals surface area contributed by atoms with Crippen molar-refractivity contribution in [3.05, 3.63) is 66.8 Å². The van der Waals surface area contributed by atoms with Gasteiger partial charge in [0.15, 0.2) is 0 Å². The van der Waals surface area contributed by atoms with Gasteiger partial charge in [0, 0.05) is 25.4 Å². The summed E-state index contributed by atoms with van der Waals surface area (Å²) in [7, 11) is 0. The zero-order chi connectivity index (χ0) is 27.7. The number of likely N-dealkylation sites (tertiary alicyclic amines) is 1. The Balaban J connectivity index is 1.39. The van der Waals surface area contributed by atoms with Crippen LogP contribution in [0.1, 0.15) is 38.5 Å². The van der Waals surface area contributed by atoms with Crippen molar-refractivity contribution in [3.8, 4) is 0 Å².